The first-order valence-corrected chi connectivity index (χ1v) is 16.1. The summed E-state index contributed by atoms with van der Waals surface area (Å²) in [6, 6.07) is 11.6. The van der Waals surface area contributed by atoms with E-state index in [4.69, 9.17) is 9.89 Å². The number of nitrogens with zero attached hydrogens (tertiary/aromatic N) is 1. The van der Waals surface area contributed by atoms with Crippen LogP contribution in [-0.4, -0.2) is 54.3 Å². The summed E-state index contributed by atoms with van der Waals surface area (Å²) in [6.07, 6.45) is 7.12. The van der Waals surface area contributed by atoms with Gasteiger partial charge in [0, 0.05) is 28.9 Å². The highest BCUT2D eigenvalue weighted by Gasteiger charge is 2.44. The Morgan fingerprint density at radius 3 is 2.38 bits per heavy atom. The first-order valence-electron chi connectivity index (χ1n) is 12.8. The third kappa shape index (κ3) is 5.63. The van der Waals surface area contributed by atoms with Gasteiger partial charge in [-0.25, -0.2) is 17.4 Å². The van der Waals surface area contributed by atoms with E-state index in [2.05, 4.69) is 14.9 Å². The minimum absolute atomic E-state index is 0.138. The van der Waals surface area contributed by atoms with E-state index in [1.807, 2.05) is 0 Å². The minimum Gasteiger partial charge on any atom is -0.395 e. The molecule has 2 aromatic rings. The van der Waals surface area contributed by atoms with Crippen molar-refractivity contribution < 1.29 is 22.5 Å². The predicted octanol–water partition coefficient (Wildman–Crippen LogP) is 4.01. The van der Waals surface area contributed by atoms with E-state index in [9.17, 15) is 17.4 Å². The molecular formula is C26H34N4O5S2. The van der Waals surface area contributed by atoms with Crippen molar-refractivity contribution in [3.8, 4) is 0 Å². The maximum Gasteiger partial charge on any atom is 0.257 e. The summed E-state index contributed by atoms with van der Waals surface area (Å²) >= 11 is 0. The molecule has 9 nitrogen and oxygen atoms in total. The highest BCUT2D eigenvalue weighted by molar-refractivity contribution is 7.93. The number of hydrogen-bond acceptors (Lipinski definition) is 7. The molecule has 1 heterocycles. The van der Waals surface area contributed by atoms with Crippen molar-refractivity contribution in [1.82, 2.24) is 0 Å². The average molecular weight is 547 g/mol. The summed E-state index contributed by atoms with van der Waals surface area (Å²) in [6.45, 7) is 1.08. The van der Waals surface area contributed by atoms with Gasteiger partial charge >= 0.3 is 0 Å². The maximum atomic E-state index is 13.5. The fraction of sp³-hybridized carbons (Fsp3) is 0.500. The zero-order valence-electron chi connectivity index (χ0n) is 20.7. The van der Waals surface area contributed by atoms with Gasteiger partial charge in [0.05, 0.1) is 39.0 Å². The van der Waals surface area contributed by atoms with E-state index in [1.54, 1.807) is 42.5 Å². The summed E-state index contributed by atoms with van der Waals surface area (Å²) in [5.74, 6) is -0.767. The van der Waals surface area contributed by atoms with Crippen LogP contribution < -0.4 is 14.9 Å². The number of piperidine rings is 1. The first kappa shape index (κ1) is 26.0. The Labute approximate surface area is 218 Å². The van der Waals surface area contributed by atoms with Gasteiger partial charge in [-0.15, -0.1) is 0 Å². The molecule has 2 saturated carbocycles. The lowest BCUT2D eigenvalue weighted by atomic mass is 9.93. The molecule has 1 spiro atoms. The highest BCUT2D eigenvalue weighted by Crippen LogP contribution is 2.54. The van der Waals surface area contributed by atoms with Crippen molar-refractivity contribution in [2.24, 2.45) is 5.41 Å². The smallest absolute Gasteiger partial charge is 0.257 e. The molecule has 1 aliphatic heterocycles. The van der Waals surface area contributed by atoms with Crippen LogP contribution in [0.1, 0.15) is 55.3 Å². The Morgan fingerprint density at radius 1 is 1.03 bits per heavy atom. The molecule has 1 atom stereocenters. The normalized spacial score (nSPS) is 20.6. The molecule has 1 saturated heterocycles. The van der Waals surface area contributed by atoms with E-state index in [0.29, 0.717) is 32.9 Å². The summed E-state index contributed by atoms with van der Waals surface area (Å²) in [5, 5.41) is 11.8. The number of carbonyl (C=O) groups is 1. The number of sulfonamides is 1. The van der Waals surface area contributed by atoms with Crippen molar-refractivity contribution in [3.63, 3.8) is 0 Å². The average Bonchev–Trinajstić information content (AvgIpc) is 3.56. The lowest BCUT2D eigenvalue weighted by molar-refractivity contribution is 0.102. The second-order valence-corrected chi connectivity index (χ2v) is 14.7. The number of carbonyl (C=O) groups excluding carboxylic acids is 1. The van der Waals surface area contributed by atoms with Gasteiger partial charge in [0.2, 0.25) is 10.0 Å². The Morgan fingerprint density at radius 2 is 1.76 bits per heavy atom. The first-order chi connectivity index (χ1) is 17.6. The number of amides is 1. The fourth-order valence-electron chi connectivity index (χ4n) is 5.15. The monoisotopic (exact) mass is 546 g/mol. The van der Waals surface area contributed by atoms with Crippen LogP contribution in [0.25, 0.3) is 0 Å². The molecule has 200 valence electrons. The number of rotatable bonds is 9. The van der Waals surface area contributed by atoms with Gasteiger partial charge in [0.25, 0.3) is 5.91 Å². The van der Waals surface area contributed by atoms with E-state index < -0.39 is 32.1 Å². The SMILES string of the molecule is N=[S@@](=O)(c1cccc(NC(=O)c2ccc(NS(=O)(=O)CCO)cc2N2CCC3(CC2)CC3)c1)C1CCC1. The molecule has 3 aliphatic rings. The zero-order chi connectivity index (χ0) is 26.3. The molecule has 0 aromatic heterocycles. The van der Waals surface area contributed by atoms with Gasteiger partial charge in [-0.2, -0.15) is 0 Å². The van der Waals surface area contributed by atoms with Crippen molar-refractivity contribution in [3.05, 3.63) is 48.0 Å². The Balaban J connectivity index is 1.41. The summed E-state index contributed by atoms with van der Waals surface area (Å²) in [7, 11) is -6.64. The van der Waals surface area contributed by atoms with Crippen LogP contribution >= 0.6 is 0 Å². The molecule has 0 bridgehead atoms. The van der Waals surface area contributed by atoms with Crippen LogP contribution in [0.3, 0.4) is 0 Å². The predicted molar refractivity (Wildman–Crippen MR) is 145 cm³/mol. The molecule has 2 aromatic carbocycles. The zero-order valence-corrected chi connectivity index (χ0v) is 22.4. The van der Waals surface area contributed by atoms with Crippen LogP contribution in [0.2, 0.25) is 0 Å². The Bertz CT molecular complexity index is 1390. The fourth-order valence-corrected chi connectivity index (χ4v) is 7.95. The molecule has 5 rings (SSSR count). The van der Waals surface area contributed by atoms with Gasteiger partial charge in [-0.05, 0) is 80.3 Å². The largest absolute Gasteiger partial charge is 0.395 e. The molecule has 1 amide bonds. The number of anilines is 3. The van der Waals surface area contributed by atoms with Gasteiger partial charge < -0.3 is 15.3 Å². The van der Waals surface area contributed by atoms with Crippen molar-refractivity contribution >= 4 is 42.7 Å². The van der Waals surface area contributed by atoms with Crippen molar-refractivity contribution in [2.75, 3.05) is 40.4 Å². The van der Waals surface area contributed by atoms with Crippen LogP contribution in [0.15, 0.2) is 47.4 Å². The van der Waals surface area contributed by atoms with Crippen molar-refractivity contribution in [2.45, 2.75) is 55.1 Å². The summed E-state index contributed by atoms with van der Waals surface area (Å²) < 4.78 is 48.4. The van der Waals surface area contributed by atoms with Crippen LogP contribution in [-0.2, 0) is 19.8 Å². The van der Waals surface area contributed by atoms with Gasteiger partial charge in [0.15, 0.2) is 0 Å². The minimum atomic E-state index is -3.71. The van der Waals surface area contributed by atoms with Crippen LogP contribution in [0, 0.1) is 10.2 Å². The molecule has 11 heteroatoms. The van der Waals surface area contributed by atoms with E-state index >= 15 is 0 Å². The maximum absolute atomic E-state index is 13.5. The molecule has 0 unspecified atom stereocenters. The van der Waals surface area contributed by atoms with E-state index in [-0.39, 0.29) is 11.2 Å². The van der Waals surface area contributed by atoms with Gasteiger partial charge in [-0.1, -0.05) is 12.5 Å². The third-order valence-corrected chi connectivity index (χ3v) is 11.6. The topological polar surface area (TPSA) is 140 Å². The van der Waals surface area contributed by atoms with Crippen molar-refractivity contribution in [1.29, 1.82) is 4.78 Å². The second-order valence-electron chi connectivity index (χ2n) is 10.5. The number of benzene rings is 2. The van der Waals surface area contributed by atoms with Crippen LogP contribution in [0.5, 0.6) is 0 Å². The standard InChI is InChI=1S/C26H34N4O5S2/c27-37(35,21-4-2-5-21)22-6-1-3-19(17-22)28-25(32)23-8-7-20(29-36(33,34)16-15-31)18-24(23)30-13-11-26(9-10-26)12-14-30/h1,3,6-8,17-18,21,27,29,31H,2,4-5,9-16H2,(H,28,32)/t37-/m0/s1. The number of aliphatic hydroxyl groups excluding tert-OH is 1. The molecule has 0 radical (unpaired) electrons. The van der Waals surface area contributed by atoms with Gasteiger partial charge in [-0.3, -0.25) is 9.52 Å². The highest BCUT2D eigenvalue weighted by atomic mass is 32.2. The number of hydrogen-bond donors (Lipinski definition) is 4. The Hall–Kier alpha value is -2.63. The molecular weight excluding hydrogens is 512 g/mol. The van der Waals surface area contributed by atoms with E-state index in [1.165, 1.54) is 12.8 Å². The summed E-state index contributed by atoms with van der Waals surface area (Å²) in [4.78, 5) is 16.0. The number of aliphatic hydroxyl groups is 1. The second kappa shape index (κ2) is 9.92. The summed E-state index contributed by atoms with van der Waals surface area (Å²) in [5.41, 5.74) is 2.29. The lowest BCUT2D eigenvalue weighted by Crippen LogP contribution is -2.35. The Kier molecular flexibility index (Phi) is 6.97. The molecule has 4 N–H and O–H groups in total. The molecule has 2 aliphatic carbocycles. The molecule has 37 heavy (non-hydrogen) atoms. The lowest BCUT2D eigenvalue weighted by Gasteiger charge is -2.35. The van der Waals surface area contributed by atoms with Crippen LogP contribution in [0.4, 0.5) is 17.1 Å². The van der Waals surface area contributed by atoms with E-state index in [0.717, 1.165) is 45.2 Å². The third-order valence-electron chi connectivity index (χ3n) is 7.96. The van der Waals surface area contributed by atoms with Gasteiger partial charge in [0.1, 0.15) is 0 Å². The number of nitrogens with one attached hydrogen (secondary N) is 3. The quantitative estimate of drug-likeness (QED) is 0.375. The molecule has 3 fully saturated rings.